The Labute approximate surface area is 70.1 Å². The van der Waals surface area contributed by atoms with Crippen LogP contribution in [0.5, 0.6) is 0 Å². The number of rotatable bonds is 4. The van der Waals surface area contributed by atoms with Gasteiger partial charge < -0.3 is 4.74 Å². The molecular formula is C10H20O. The SMILES string of the molecule is CCC1(CC)OC1(CC)CC. The van der Waals surface area contributed by atoms with Crippen molar-refractivity contribution >= 4 is 0 Å². The number of hydrogen-bond acceptors (Lipinski definition) is 1. The van der Waals surface area contributed by atoms with Gasteiger partial charge in [0, 0.05) is 0 Å². The molecule has 0 amide bonds. The fourth-order valence-electron chi connectivity index (χ4n) is 2.43. The van der Waals surface area contributed by atoms with E-state index in [1.54, 1.807) is 0 Å². The molecule has 1 rings (SSSR count). The standard InChI is InChI=1S/C10H20O/c1-5-9(6-2)10(7-3,8-4)11-9/h5-8H2,1-4H3. The van der Waals surface area contributed by atoms with Gasteiger partial charge >= 0.3 is 0 Å². The molecule has 0 N–H and O–H groups in total. The van der Waals surface area contributed by atoms with Gasteiger partial charge in [-0.2, -0.15) is 0 Å². The lowest BCUT2D eigenvalue weighted by Gasteiger charge is -2.13. The van der Waals surface area contributed by atoms with Crippen molar-refractivity contribution in [3.05, 3.63) is 0 Å². The Kier molecular flexibility index (Phi) is 2.29. The van der Waals surface area contributed by atoms with Gasteiger partial charge in [-0.15, -0.1) is 0 Å². The molecule has 1 heterocycles. The Morgan fingerprint density at radius 2 is 1.00 bits per heavy atom. The fraction of sp³-hybridized carbons (Fsp3) is 1.00. The predicted octanol–water partition coefficient (Wildman–Crippen LogP) is 3.13. The highest BCUT2D eigenvalue weighted by molar-refractivity contribution is 5.13. The molecule has 11 heavy (non-hydrogen) atoms. The van der Waals surface area contributed by atoms with Crippen LogP contribution in [0.1, 0.15) is 53.4 Å². The van der Waals surface area contributed by atoms with Crippen molar-refractivity contribution in [2.45, 2.75) is 64.6 Å². The zero-order valence-corrected chi connectivity index (χ0v) is 8.24. The molecule has 0 aliphatic carbocycles. The molecule has 0 saturated carbocycles. The van der Waals surface area contributed by atoms with Crippen LogP contribution in [-0.4, -0.2) is 11.2 Å². The molecule has 0 spiro atoms. The summed E-state index contributed by atoms with van der Waals surface area (Å²) in [6, 6.07) is 0. The summed E-state index contributed by atoms with van der Waals surface area (Å²) in [5, 5.41) is 0. The van der Waals surface area contributed by atoms with Crippen molar-refractivity contribution in [3.8, 4) is 0 Å². The second kappa shape index (κ2) is 2.78. The first kappa shape index (κ1) is 9.05. The third-order valence-electron chi connectivity index (χ3n) is 3.46. The van der Waals surface area contributed by atoms with E-state index in [4.69, 9.17) is 4.74 Å². The van der Waals surface area contributed by atoms with E-state index < -0.39 is 0 Å². The fourth-order valence-corrected chi connectivity index (χ4v) is 2.43. The molecule has 0 atom stereocenters. The van der Waals surface area contributed by atoms with Crippen LogP contribution < -0.4 is 0 Å². The number of epoxide rings is 1. The van der Waals surface area contributed by atoms with E-state index in [0.717, 1.165) is 0 Å². The van der Waals surface area contributed by atoms with Crippen LogP contribution in [0.25, 0.3) is 0 Å². The van der Waals surface area contributed by atoms with Crippen molar-refractivity contribution < 1.29 is 4.74 Å². The summed E-state index contributed by atoms with van der Waals surface area (Å²) in [5.41, 5.74) is 0.493. The summed E-state index contributed by atoms with van der Waals surface area (Å²) in [4.78, 5) is 0. The Balaban J connectivity index is 2.65. The summed E-state index contributed by atoms with van der Waals surface area (Å²) in [5.74, 6) is 0. The second-order valence-corrected chi connectivity index (χ2v) is 3.50. The van der Waals surface area contributed by atoms with Gasteiger partial charge in [0.1, 0.15) is 0 Å². The average molecular weight is 156 g/mol. The van der Waals surface area contributed by atoms with Gasteiger partial charge in [-0.25, -0.2) is 0 Å². The van der Waals surface area contributed by atoms with Crippen LogP contribution in [0, 0.1) is 0 Å². The van der Waals surface area contributed by atoms with Crippen LogP contribution in [0.15, 0.2) is 0 Å². The zero-order chi connectivity index (χ0) is 8.54. The van der Waals surface area contributed by atoms with Gasteiger partial charge in [0.15, 0.2) is 0 Å². The third kappa shape index (κ3) is 1.01. The van der Waals surface area contributed by atoms with E-state index in [1.807, 2.05) is 0 Å². The van der Waals surface area contributed by atoms with Crippen LogP contribution in [-0.2, 0) is 4.74 Å². The molecule has 1 aliphatic heterocycles. The van der Waals surface area contributed by atoms with E-state index in [0.29, 0.717) is 0 Å². The van der Waals surface area contributed by atoms with Crippen molar-refractivity contribution in [1.29, 1.82) is 0 Å². The molecule has 1 saturated heterocycles. The zero-order valence-electron chi connectivity index (χ0n) is 8.24. The van der Waals surface area contributed by atoms with Crippen molar-refractivity contribution in [3.63, 3.8) is 0 Å². The van der Waals surface area contributed by atoms with Gasteiger partial charge in [-0.3, -0.25) is 0 Å². The lowest BCUT2D eigenvalue weighted by molar-refractivity contribution is 0.246. The maximum absolute atomic E-state index is 5.89. The van der Waals surface area contributed by atoms with E-state index in [-0.39, 0.29) is 11.2 Å². The minimum absolute atomic E-state index is 0.247. The minimum atomic E-state index is 0.247. The van der Waals surface area contributed by atoms with Gasteiger partial charge in [0.05, 0.1) is 11.2 Å². The molecule has 1 aliphatic rings. The summed E-state index contributed by atoms with van der Waals surface area (Å²) in [6.45, 7) is 8.93. The quantitative estimate of drug-likeness (QED) is 0.570. The lowest BCUT2D eigenvalue weighted by atomic mass is 9.84. The molecule has 0 unspecified atom stereocenters. The smallest absolute Gasteiger partial charge is 0.0974 e. The first-order valence-corrected chi connectivity index (χ1v) is 4.90. The molecule has 66 valence electrons. The molecule has 0 aromatic carbocycles. The Bertz CT molecular complexity index is 116. The Morgan fingerprint density at radius 3 is 1.09 bits per heavy atom. The largest absolute Gasteiger partial charge is 0.363 e. The Morgan fingerprint density at radius 1 is 0.727 bits per heavy atom. The summed E-state index contributed by atoms with van der Waals surface area (Å²) in [6.07, 6.45) is 4.69. The molecular weight excluding hydrogens is 136 g/mol. The molecule has 0 aromatic heterocycles. The predicted molar refractivity (Wildman–Crippen MR) is 47.7 cm³/mol. The highest BCUT2D eigenvalue weighted by Gasteiger charge is 2.64. The van der Waals surface area contributed by atoms with Crippen LogP contribution in [0.4, 0.5) is 0 Å². The minimum Gasteiger partial charge on any atom is -0.363 e. The first-order valence-electron chi connectivity index (χ1n) is 4.90. The Hall–Kier alpha value is -0.0400. The van der Waals surface area contributed by atoms with E-state index >= 15 is 0 Å². The van der Waals surface area contributed by atoms with Crippen LogP contribution in [0.3, 0.4) is 0 Å². The van der Waals surface area contributed by atoms with Crippen LogP contribution >= 0.6 is 0 Å². The van der Waals surface area contributed by atoms with Gasteiger partial charge in [-0.1, -0.05) is 27.7 Å². The van der Waals surface area contributed by atoms with Crippen molar-refractivity contribution in [2.24, 2.45) is 0 Å². The molecule has 0 aromatic rings. The number of hydrogen-bond donors (Lipinski definition) is 0. The van der Waals surface area contributed by atoms with Crippen LogP contribution in [0.2, 0.25) is 0 Å². The third-order valence-corrected chi connectivity index (χ3v) is 3.46. The monoisotopic (exact) mass is 156 g/mol. The van der Waals surface area contributed by atoms with Gasteiger partial charge in [-0.05, 0) is 25.7 Å². The summed E-state index contributed by atoms with van der Waals surface area (Å²) in [7, 11) is 0. The maximum atomic E-state index is 5.89. The summed E-state index contributed by atoms with van der Waals surface area (Å²) >= 11 is 0. The average Bonchev–Trinajstić information content (AvgIpc) is 2.75. The van der Waals surface area contributed by atoms with Crippen molar-refractivity contribution in [1.82, 2.24) is 0 Å². The van der Waals surface area contributed by atoms with E-state index in [1.165, 1.54) is 25.7 Å². The highest BCUT2D eigenvalue weighted by atomic mass is 16.6. The second-order valence-electron chi connectivity index (χ2n) is 3.50. The van der Waals surface area contributed by atoms with E-state index in [2.05, 4.69) is 27.7 Å². The first-order chi connectivity index (χ1) is 5.20. The topological polar surface area (TPSA) is 12.5 Å². The molecule has 1 fully saturated rings. The molecule has 1 nitrogen and oxygen atoms in total. The van der Waals surface area contributed by atoms with E-state index in [9.17, 15) is 0 Å². The molecule has 1 heteroatoms. The summed E-state index contributed by atoms with van der Waals surface area (Å²) < 4.78 is 5.89. The molecule has 0 radical (unpaired) electrons. The molecule has 0 bridgehead atoms. The maximum Gasteiger partial charge on any atom is 0.0974 e. The highest BCUT2D eigenvalue weighted by Crippen LogP contribution is 2.56. The lowest BCUT2D eigenvalue weighted by Crippen LogP contribution is -2.23. The van der Waals surface area contributed by atoms with Gasteiger partial charge in [0.2, 0.25) is 0 Å². The van der Waals surface area contributed by atoms with Crippen molar-refractivity contribution in [2.75, 3.05) is 0 Å². The normalized spacial score (nSPS) is 25.1. The van der Waals surface area contributed by atoms with Gasteiger partial charge in [0.25, 0.3) is 0 Å². The number of ether oxygens (including phenoxy) is 1.